The quantitative estimate of drug-likeness (QED) is 0.368. The van der Waals surface area contributed by atoms with E-state index in [4.69, 9.17) is 4.76 Å². The van der Waals surface area contributed by atoms with Gasteiger partial charge in [-0.3, -0.25) is 4.76 Å². The Balaban J connectivity index is 1.76. The summed E-state index contributed by atoms with van der Waals surface area (Å²) >= 11 is 0. The van der Waals surface area contributed by atoms with Crippen LogP contribution in [0.5, 0.6) is 0 Å². The zero-order valence-corrected chi connectivity index (χ0v) is 15.0. The van der Waals surface area contributed by atoms with Crippen LogP contribution >= 0.6 is 0 Å². The minimum atomic E-state index is -1.90. The second-order valence-electron chi connectivity index (χ2n) is 6.64. The average molecular weight is 371 g/mol. The Labute approximate surface area is 162 Å². The first-order chi connectivity index (χ1) is 13.7. The predicted octanol–water partition coefficient (Wildman–Crippen LogP) is 1.15. The van der Waals surface area contributed by atoms with Crippen LogP contribution in [0.2, 0.25) is 0 Å². The summed E-state index contributed by atoms with van der Waals surface area (Å²) in [5.41, 5.74) is 5.45. The van der Waals surface area contributed by atoms with E-state index in [0.29, 0.717) is 6.54 Å². The summed E-state index contributed by atoms with van der Waals surface area (Å²) in [6, 6.07) is 24.3. The fourth-order valence-electron chi connectivity index (χ4n) is 3.80. The van der Waals surface area contributed by atoms with Crippen molar-refractivity contribution in [2.75, 3.05) is 0 Å². The monoisotopic (exact) mass is 371 g/mol. The summed E-state index contributed by atoms with van der Waals surface area (Å²) in [5.74, 6) is 0.745. The Kier molecular flexibility index (Phi) is 3.97. The molecule has 2 aromatic carbocycles. The lowest BCUT2D eigenvalue weighted by Crippen LogP contribution is -2.58. The zero-order valence-electron chi connectivity index (χ0n) is 15.0. The van der Waals surface area contributed by atoms with Gasteiger partial charge in [-0.2, -0.15) is 0 Å². The van der Waals surface area contributed by atoms with Crippen LogP contribution in [-0.4, -0.2) is 22.1 Å². The molecule has 3 heterocycles. The first kappa shape index (κ1) is 16.7. The Morgan fingerprint density at radius 2 is 1.54 bits per heavy atom. The van der Waals surface area contributed by atoms with Gasteiger partial charge in [-0.1, -0.05) is 60.7 Å². The molecule has 0 saturated carbocycles. The van der Waals surface area contributed by atoms with E-state index in [1.54, 1.807) is 6.20 Å². The minimum Gasteiger partial charge on any atom is -0.387 e. The molecule has 0 radical (unpaired) electrons. The molecule has 28 heavy (non-hydrogen) atoms. The average Bonchev–Trinajstić information content (AvgIpc) is 3.25. The van der Waals surface area contributed by atoms with Crippen molar-refractivity contribution in [3.63, 3.8) is 0 Å². The Morgan fingerprint density at radius 3 is 2.21 bits per heavy atom. The molecule has 0 amide bonds. The first-order valence-corrected chi connectivity index (χ1v) is 9.06. The maximum atomic E-state index is 9.30. The van der Waals surface area contributed by atoms with Crippen molar-refractivity contribution in [3.05, 3.63) is 90.8 Å². The lowest BCUT2D eigenvalue weighted by Gasteiger charge is -2.04. The molecule has 0 aliphatic carbocycles. The molecule has 1 aliphatic rings. The van der Waals surface area contributed by atoms with Gasteiger partial charge in [0.15, 0.2) is 0 Å². The van der Waals surface area contributed by atoms with Crippen LogP contribution in [0.25, 0.3) is 28.2 Å². The molecule has 0 atom stereocenters. The normalized spacial score (nSPS) is 11.8. The molecule has 1 aliphatic heterocycles. The molecular formula is C21H18BN3O3+2. The topological polar surface area (TPSA) is 62.4 Å². The van der Waals surface area contributed by atoms with Gasteiger partial charge in [-0.05, 0) is 16.3 Å². The van der Waals surface area contributed by atoms with Gasteiger partial charge < -0.3 is 10.0 Å². The van der Waals surface area contributed by atoms with Crippen LogP contribution in [0.15, 0.2) is 85.2 Å². The smallest absolute Gasteiger partial charge is 0.387 e. The van der Waals surface area contributed by atoms with Gasteiger partial charge in [-0.25, -0.2) is 0 Å². The maximum absolute atomic E-state index is 9.30. The molecule has 0 fully saturated rings. The molecule has 5 rings (SSSR count). The zero-order chi connectivity index (χ0) is 19.1. The number of fused-ring (bicyclic) bond motifs is 3. The van der Waals surface area contributed by atoms with Crippen molar-refractivity contribution in [2.45, 2.75) is 6.54 Å². The van der Waals surface area contributed by atoms with E-state index in [-0.39, 0.29) is 0 Å². The summed E-state index contributed by atoms with van der Waals surface area (Å²) in [6.07, 6.45) is 3.73. The number of pyridine rings is 1. The number of aromatic nitrogens is 3. The third kappa shape index (κ3) is 2.69. The lowest BCUT2D eigenvalue weighted by molar-refractivity contribution is -0.922. The van der Waals surface area contributed by atoms with Crippen LogP contribution < -0.4 is 14.2 Å². The summed E-state index contributed by atoms with van der Waals surface area (Å²) < 4.78 is 10.7. The van der Waals surface area contributed by atoms with Gasteiger partial charge in [-0.15, -0.1) is 4.68 Å². The Bertz CT molecular complexity index is 1140. The highest BCUT2D eigenvalue weighted by molar-refractivity contribution is 6.32. The van der Waals surface area contributed by atoms with Gasteiger partial charge in [0.1, 0.15) is 17.8 Å². The maximum Gasteiger partial charge on any atom is 0.772 e. The van der Waals surface area contributed by atoms with Crippen LogP contribution in [-0.2, 0) is 6.54 Å². The predicted molar refractivity (Wildman–Crippen MR) is 103 cm³/mol. The highest BCUT2D eigenvalue weighted by Crippen LogP contribution is 2.34. The fraction of sp³-hybridized carbons (Fsp3) is 0.0476. The Morgan fingerprint density at radius 1 is 0.857 bits per heavy atom. The van der Waals surface area contributed by atoms with Crippen LogP contribution in [0.1, 0.15) is 5.56 Å². The largest absolute Gasteiger partial charge is 0.772 e. The number of rotatable bonds is 4. The molecule has 0 unspecified atom stereocenters. The number of benzene rings is 2. The molecular weight excluding hydrogens is 353 g/mol. The summed E-state index contributed by atoms with van der Waals surface area (Å²) in [5, 5.41) is 18.6. The van der Waals surface area contributed by atoms with E-state index in [1.165, 1.54) is 4.73 Å². The van der Waals surface area contributed by atoms with E-state index in [0.717, 1.165) is 33.8 Å². The van der Waals surface area contributed by atoms with Crippen molar-refractivity contribution in [1.29, 1.82) is 0 Å². The summed E-state index contributed by atoms with van der Waals surface area (Å²) in [6.45, 7) is 0.651. The second kappa shape index (κ2) is 6.63. The molecule has 0 saturated heterocycles. The SMILES string of the molecule is OB(O)O[n+]1cccc2c1-[n+]1cc(-c3ccccc3)c(-c3ccccc3)n1C2. The highest BCUT2D eigenvalue weighted by atomic mass is 16.7. The van der Waals surface area contributed by atoms with E-state index in [2.05, 4.69) is 35.1 Å². The molecule has 4 aromatic rings. The Hall–Kier alpha value is -3.42. The number of hydrogen-bond donors (Lipinski definition) is 2. The third-order valence-corrected chi connectivity index (χ3v) is 4.92. The van der Waals surface area contributed by atoms with Crippen molar-refractivity contribution < 1.29 is 24.2 Å². The van der Waals surface area contributed by atoms with E-state index < -0.39 is 7.32 Å². The van der Waals surface area contributed by atoms with Crippen molar-refractivity contribution >= 4 is 7.32 Å². The second-order valence-corrected chi connectivity index (χ2v) is 6.64. The van der Waals surface area contributed by atoms with Gasteiger partial charge in [0.05, 0.1) is 10.3 Å². The van der Waals surface area contributed by atoms with Gasteiger partial charge >= 0.3 is 13.1 Å². The van der Waals surface area contributed by atoms with Crippen LogP contribution in [0.3, 0.4) is 0 Å². The van der Waals surface area contributed by atoms with E-state index in [9.17, 15) is 10.0 Å². The van der Waals surface area contributed by atoms with Crippen LogP contribution in [0, 0.1) is 0 Å². The highest BCUT2D eigenvalue weighted by Gasteiger charge is 2.43. The summed E-state index contributed by atoms with van der Waals surface area (Å²) in [4.78, 5) is 0. The first-order valence-electron chi connectivity index (χ1n) is 9.06. The molecule has 2 N–H and O–H groups in total. The summed E-state index contributed by atoms with van der Waals surface area (Å²) in [7, 11) is -1.90. The molecule has 0 spiro atoms. The molecule has 2 aromatic heterocycles. The molecule has 136 valence electrons. The number of nitrogens with zero attached hydrogens (tertiary/aromatic N) is 3. The van der Waals surface area contributed by atoms with Crippen molar-refractivity contribution in [3.8, 4) is 28.2 Å². The molecule has 6 nitrogen and oxygen atoms in total. The van der Waals surface area contributed by atoms with Gasteiger partial charge in [0.25, 0.3) is 0 Å². The van der Waals surface area contributed by atoms with Crippen molar-refractivity contribution in [2.24, 2.45) is 0 Å². The lowest BCUT2D eigenvalue weighted by atomic mass is 10.0. The fourth-order valence-corrected chi connectivity index (χ4v) is 3.80. The van der Waals surface area contributed by atoms with E-state index in [1.807, 2.05) is 53.2 Å². The van der Waals surface area contributed by atoms with Crippen LogP contribution in [0.4, 0.5) is 0 Å². The van der Waals surface area contributed by atoms with Crippen molar-refractivity contribution in [1.82, 2.24) is 4.68 Å². The minimum absolute atomic E-state index is 0.651. The van der Waals surface area contributed by atoms with Gasteiger partial charge in [0.2, 0.25) is 12.4 Å². The number of hydrogen-bond acceptors (Lipinski definition) is 3. The standard InChI is InChI=1S/C21H18BN3O3/c26-22(27)28-25-13-7-12-18-14-23-20(17-10-5-2-6-11-17)19(15-24(23)21(18)25)16-8-3-1-4-9-16/h1-13,15,26-27H,14H2/q+2. The molecule has 7 heteroatoms. The van der Waals surface area contributed by atoms with E-state index >= 15 is 0 Å². The van der Waals surface area contributed by atoms with Gasteiger partial charge in [0, 0.05) is 11.6 Å². The molecule has 0 bridgehead atoms. The third-order valence-electron chi connectivity index (χ3n) is 4.92.